The minimum Gasteiger partial charge on any atom is -0.297 e. The highest BCUT2D eigenvalue weighted by molar-refractivity contribution is 5.75. The molecular formula is C12H25N3O. The van der Waals surface area contributed by atoms with Crippen LogP contribution in [0.25, 0.3) is 0 Å². The van der Waals surface area contributed by atoms with Crippen molar-refractivity contribution in [1.82, 2.24) is 10.3 Å². The Morgan fingerprint density at radius 1 is 1.56 bits per heavy atom. The predicted octanol–water partition coefficient (Wildman–Crippen LogP) is 1.41. The van der Waals surface area contributed by atoms with E-state index in [4.69, 9.17) is 5.84 Å². The fourth-order valence-corrected chi connectivity index (χ4v) is 2.69. The van der Waals surface area contributed by atoms with Gasteiger partial charge in [-0.3, -0.25) is 15.1 Å². The molecule has 0 bridgehead atoms. The molecule has 1 heterocycles. The highest BCUT2D eigenvalue weighted by atomic mass is 16.2. The molecule has 2 atom stereocenters. The average Bonchev–Trinajstić information content (AvgIpc) is 2.30. The number of likely N-dealkylation sites (tertiary alicyclic amines) is 1. The summed E-state index contributed by atoms with van der Waals surface area (Å²) in [7, 11) is 0. The van der Waals surface area contributed by atoms with E-state index < -0.39 is 0 Å². The summed E-state index contributed by atoms with van der Waals surface area (Å²) in [5.74, 6) is 5.06. The lowest BCUT2D eigenvalue weighted by atomic mass is 9.95. The standard InChI is InChI=1S/C12H25N3O/c1-3-6-11-7-4-5-8-15(11)10(2)9-12(16)14-13/h10-11H,3-9,13H2,1-2H3,(H,14,16). The largest absolute Gasteiger partial charge is 0.297 e. The Morgan fingerprint density at radius 3 is 2.94 bits per heavy atom. The number of piperidine rings is 1. The van der Waals surface area contributed by atoms with Gasteiger partial charge < -0.3 is 0 Å². The van der Waals surface area contributed by atoms with Gasteiger partial charge in [0.1, 0.15) is 0 Å². The summed E-state index contributed by atoms with van der Waals surface area (Å²) in [5, 5.41) is 0. The third-order valence-electron chi connectivity index (χ3n) is 3.50. The van der Waals surface area contributed by atoms with Crippen LogP contribution in [0.1, 0.15) is 52.4 Å². The monoisotopic (exact) mass is 227 g/mol. The van der Waals surface area contributed by atoms with Crippen LogP contribution in [-0.4, -0.2) is 29.4 Å². The Bertz CT molecular complexity index is 218. The van der Waals surface area contributed by atoms with Crippen molar-refractivity contribution in [3.8, 4) is 0 Å². The van der Waals surface area contributed by atoms with Crippen LogP contribution < -0.4 is 11.3 Å². The molecule has 0 aliphatic carbocycles. The number of hydrogen-bond acceptors (Lipinski definition) is 3. The smallest absolute Gasteiger partial charge is 0.235 e. The summed E-state index contributed by atoms with van der Waals surface area (Å²) >= 11 is 0. The van der Waals surface area contributed by atoms with E-state index in [1.807, 2.05) is 0 Å². The minimum atomic E-state index is -0.0617. The van der Waals surface area contributed by atoms with E-state index in [2.05, 4.69) is 24.2 Å². The van der Waals surface area contributed by atoms with Gasteiger partial charge in [0.25, 0.3) is 0 Å². The zero-order valence-corrected chi connectivity index (χ0v) is 10.5. The zero-order chi connectivity index (χ0) is 12.0. The molecule has 1 aliphatic rings. The van der Waals surface area contributed by atoms with Gasteiger partial charge in [0.05, 0.1) is 0 Å². The molecule has 3 N–H and O–H groups in total. The van der Waals surface area contributed by atoms with Gasteiger partial charge in [-0.25, -0.2) is 5.84 Å². The zero-order valence-electron chi connectivity index (χ0n) is 10.5. The fourth-order valence-electron chi connectivity index (χ4n) is 2.69. The number of amides is 1. The van der Waals surface area contributed by atoms with Crippen molar-refractivity contribution in [1.29, 1.82) is 0 Å². The molecule has 0 aromatic rings. The van der Waals surface area contributed by atoms with Crippen LogP contribution >= 0.6 is 0 Å². The Kier molecular flexibility index (Phi) is 5.77. The molecule has 2 unspecified atom stereocenters. The summed E-state index contributed by atoms with van der Waals surface area (Å²) in [5.41, 5.74) is 2.22. The Balaban J connectivity index is 2.49. The second-order valence-corrected chi connectivity index (χ2v) is 4.80. The van der Waals surface area contributed by atoms with Gasteiger partial charge >= 0.3 is 0 Å². The van der Waals surface area contributed by atoms with E-state index >= 15 is 0 Å². The Morgan fingerprint density at radius 2 is 2.31 bits per heavy atom. The van der Waals surface area contributed by atoms with E-state index in [-0.39, 0.29) is 5.91 Å². The fraction of sp³-hybridized carbons (Fsp3) is 0.917. The molecular weight excluding hydrogens is 202 g/mol. The number of hydrogen-bond donors (Lipinski definition) is 2. The maximum absolute atomic E-state index is 11.3. The molecule has 1 saturated heterocycles. The molecule has 0 aromatic heterocycles. The first-order valence-electron chi connectivity index (χ1n) is 6.44. The topological polar surface area (TPSA) is 58.4 Å². The van der Waals surface area contributed by atoms with Gasteiger partial charge in [-0.1, -0.05) is 19.8 Å². The minimum absolute atomic E-state index is 0.0617. The third-order valence-corrected chi connectivity index (χ3v) is 3.50. The third kappa shape index (κ3) is 3.76. The van der Waals surface area contributed by atoms with E-state index in [1.54, 1.807) is 0 Å². The van der Waals surface area contributed by atoms with Crippen LogP contribution in [0.5, 0.6) is 0 Å². The van der Waals surface area contributed by atoms with Crippen molar-refractivity contribution in [3.63, 3.8) is 0 Å². The molecule has 1 aliphatic heterocycles. The van der Waals surface area contributed by atoms with E-state index in [9.17, 15) is 4.79 Å². The first kappa shape index (κ1) is 13.5. The molecule has 0 spiro atoms. The molecule has 1 fully saturated rings. The Labute approximate surface area is 98.5 Å². The highest BCUT2D eigenvalue weighted by Gasteiger charge is 2.26. The van der Waals surface area contributed by atoms with Crippen molar-refractivity contribution in [2.75, 3.05) is 6.54 Å². The maximum Gasteiger partial charge on any atom is 0.235 e. The number of nitrogens with one attached hydrogen (secondary N) is 1. The van der Waals surface area contributed by atoms with Crippen molar-refractivity contribution >= 4 is 5.91 Å². The molecule has 1 rings (SSSR count). The summed E-state index contributed by atoms with van der Waals surface area (Å²) in [6.07, 6.45) is 6.84. The van der Waals surface area contributed by atoms with Crippen molar-refractivity contribution < 1.29 is 4.79 Å². The normalized spacial score (nSPS) is 24.1. The number of nitrogens with two attached hydrogens (primary N) is 1. The van der Waals surface area contributed by atoms with Crippen LogP contribution in [0, 0.1) is 0 Å². The predicted molar refractivity (Wildman–Crippen MR) is 65.7 cm³/mol. The molecule has 0 aromatic carbocycles. The van der Waals surface area contributed by atoms with Crippen LogP contribution in [0.2, 0.25) is 0 Å². The van der Waals surface area contributed by atoms with Gasteiger partial charge in [-0.15, -0.1) is 0 Å². The van der Waals surface area contributed by atoms with E-state index in [0.717, 1.165) is 6.54 Å². The molecule has 16 heavy (non-hydrogen) atoms. The van der Waals surface area contributed by atoms with Gasteiger partial charge in [0.2, 0.25) is 5.91 Å². The lowest BCUT2D eigenvalue weighted by Gasteiger charge is -2.39. The maximum atomic E-state index is 11.3. The second-order valence-electron chi connectivity index (χ2n) is 4.80. The summed E-state index contributed by atoms with van der Waals surface area (Å²) in [6, 6.07) is 0.972. The second kappa shape index (κ2) is 6.86. The highest BCUT2D eigenvalue weighted by Crippen LogP contribution is 2.23. The van der Waals surface area contributed by atoms with E-state index in [0.29, 0.717) is 18.5 Å². The number of hydrazine groups is 1. The van der Waals surface area contributed by atoms with Crippen LogP contribution in [0.4, 0.5) is 0 Å². The van der Waals surface area contributed by atoms with Crippen LogP contribution in [0.3, 0.4) is 0 Å². The first-order chi connectivity index (χ1) is 7.69. The van der Waals surface area contributed by atoms with Gasteiger partial charge in [-0.05, 0) is 32.7 Å². The Hall–Kier alpha value is -0.610. The number of nitrogens with zero attached hydrogens (tertiary/aromatic N) is 1. The van der Waals surface area contributed by atoms with Gasteiger partial charge in [0, 0.05) is 18.5 Å². The van der Waals surface area contributed by atoms with Crippen molar-refractivity contribution in [2.45, 2.75) is 64.5 Å². The molecule has 4 nitrogen and oxygen atoms in total. The molecule has 1 amide bonds. The van der Waals surface area contributed by atoms with Crippen LogP contribution in [-0.2, 0) is 4.79 Å². The van der Waals surface area contributed by atoms with E-state index in [1.165, 1.54) is 32.1 Å². The average molecular weight is 227 g/mol. The van der Waals surface area contributed by atoms with Gasteiger partial charge in [0.15, 0.2) is 0 Å². The van der Waals surface area contributed by atoms with Gasteiger partial charge in [-0.2, -0.15) is 0 Å². The molecule has 4 heteroatoms. The van der Waals surface area contributed by atoms with Crippen LogP contribution in [0.15, 0.2) is 0 Å². The molecule has 94 valence electrons. The summed E-state index contributed by atoms with van der Waals surface area (Å²) in [4.78, 5) is 13.8. The number of rotatable bonds is 5. The lowest BCUT2D eigenvalue weighted by Crippen LogP contribution is -2.47. The quantitative estimate of drug-likeness (QED) is 0.424. The molecule has 0 saturated carbocycles. The van der Waals surface area contributed by atoms with Crippen molar-refractivity contribution in [2.24, 2.45) is 5.84 Å². The lowest BCUT2D eigenvalue weighted by molar-refractivity contribution is -0.122. The van der Waals surface area contributed by atoms with Crippen molar-refractivity contribution in [3.05, 3.63) is 0 Å². The molecule has 0 radical (unpaired) electrons. The SMILES string of the molecule is CCCC1CCCCN1C(C)CC(=O)NN. The first-order valence-corrected chi connectivity index (χ1v) is 6.44. The number of carbonyl (C=O) groups excluding carboxylic acids is 1. The summed E-state index contributed by atoms with van der Waals surface area (Å²) < 4.78 is 0. The number of carbonyl (C=O) groups is 1. The summed E-state index contributed by atoms with van der Waals surface area (Å²) in [6.45, 7) is 5.48.